The zero-order valence-corrected chi connectivity index (χ0v) is 20.4. The van der Waals surface area contributed by atoms with Crippen molar-refractivity contribution in [3.8, 4) is 22.5 Å². The monoisotopic (exact) mass is 475 g/mol. The summed E-state index contributed by atoms with van der Waals surface area (Å²) in [6.45, 7) is 4.46. The number of carbonyl (C=O) groups excluding carboxylic acids is 1. The third-order valence-corrected chi connectivity index (χ3v) is 8.06. The molecule has 2 aromatic heterocycles. The number of para-hydroxylation sites is 1. The van der Waals surface area contributed by atoms with Crippen LogP contribution in [0.15, 0.2) is 66.9 Å². The average Bonchev–Trinajstić information content (AvgIpc) is 3.28. The van der Waals surface area contributed by atoms with E-state index >= 15 is 0 Å². The molecule has 0 unspecified atom stereocenters. The van der Waals surface area contributed by atoms with Crippen LogP contribution in [0.1, 0.15) is 24.8 Å². The summed E-state index contributed by atoms with van der Waals surface area (Å²) in [5.74, 6) is 1.63. The molecule has 3 heterocycles. The van der Waals surface area contributed by atoms with Crippen molar-refractivity contribution in [1.82, 2.24) is 25.1 Å². The maximum absolute atomic E-state index is 13.5. The van der Waals surface area contributed by atoms with Crippen LogP contribution in [0.25, 0.3) is 44.5 Å². The lowest BCUT2D eigenvalue weighted by Gasteiger charge is -2.29. The van der Waals surface area contributed by atoms with Crippen molar-refractivity contribution in [3.05, 3.63) is 72.4 Å². The van der Waals surface area contributed by atoms with Crippen molar-refractivity contribution in [2.75, 3.05) is 13.1 Å². The number of H-pyrrole nitrogens is 1. The van der Waals surface area contributed by atoms with E-state index in [1.165, 1.54) is 5.56 Å². The first-order valence-electron chi connectivity index (χ1n) is 12.9. The molecule has 6 heteroatoms. The molecule has 2 N–H and O–H groups in total. The Kier molecular flexibility index (Phi) is 4.86. The fourth-order valence-corrected chi connectivity index (χ4v) is 5.92. The highest BCUT2D eigenvalue weighted by Crippen LogP contribution is 2.42. The SMILES string of the molecule is Cc1cccc2nc(-c3ccc(-c4ccc5[nH]ncc5c4)cc3)n(C[C@]3(C(=O)C4CC4)CCNC3)c12. The van der Waals surface area contributed by atoms with Crippen molar-refractivity contribution in [3.63, 3.8) is 0 Å². The second-order valence-corrected chi connectivity index (χ2v) is 10.6. The average molecular weight is 476 g/mol. The third kappa shape index (κ3) is 3.47. The summed E-state index contributed by atoms with van der Waals surface area (Å²) in [7, 11) is 0. The number of Topliss-reactive ketones (excluding diaryl/α,β-unsaturated/α-hetero) is 1. The van der Waals surface area contributed by atoms with Gasteiger partial charge in [-0.3, -0.25) is 9.89 Å². The molecule has 1 aliphatic heterocycles. The van der Waals surface area contributed by atoms with Crippen molar-refractivity contribution in [1.29, 1.82) is 0 Å². The zero-order valence-electron chi connectivity index (χ0n) is 20.4. The number of aromatic nitrogens is 4. The number of aromatic amines is 1. The number of hydrogen-bond donors (Lipinski definition) is 2. The highest BCUT2D eigenvalue weighted by molar-refractivity contribution is 5.90. The van der Waals surface area contributed by atoms with E-state index in [1.54, 1.807) is 0 Å². The molecule has 1 atom stereocenters. The molecule has 36 heavy (non-hydrogen) atoms. The number of rotatable bonds is 6. The van der Waals surface area contributed by atoms with Gasteiger partial charge in [-0.25, -0.2) is 4.98 Å². The number of nitrogens with zero attached hydrogens (tertiary/aromatic N) is 3. The van der Waals surface area contributed by atoms with Gasteiger partial charge in [-0.2, -0.15) is 5.10 Å². The summed E-state index contributed by atoms with van der Waals surface area (Å²) >= 11 is 0. The first kappa shape index (κ1) is 21.5. The maximum Gasteiger partial charge on any atom is 0.145 e. The van der Waals surface area contributed by atoms with Gasteiger partial charge in [-0.15, -0.1) is 0 Å². The van der Waals surface area contributed by atoms with Gasteiger partial charge in [-0.1, -0.05) is 42.5 Å². The molecule has 3 aromatic carbocycles. The van der Waals surface area contributed by atoms with Crippen LogP contribution >= 0.6 is 0 Å². The number of ketones is 1. The molecule has 0 bridgehead atoms. The predicted octanol–water partition coefficient (Wildman–Crippen LogP) is 5.51. The summed E-state index contributed by atoms with van der Waals surface area (Å²) < 4.78 is 2.32. The number of benzene rings is 3. The Bertz CT molecular complexity index is 1600. The predicted molar refractivity (Wildman–Crippen MR) is 143 cm³/mol. The molecule has 1 saturated heterocycles. The number of aryl methyl sites for hydroxylation is 1. The quantitative estimate of drug-likeness (QED) is 0.339. The number of imidazole rings is 1. The Hall–Kier alpha value is -3.77. The fourth-order valence-electron chi connectivity index (χ4n) is 5.92. The van der Waals surface area contributed by atoms with Crippen LogP contribution in [0, 0.1) is 18.3 Å². The summed E-state index contributed by atoms with van der Waals surface area (Å²) in [6.07, 6.45) is 4.84. The van der Waals surface area contributed by atoms with E-state index < -0.39 is 0 Å². The van der Waals surface area contributed by atoms with Gasteiger partial charge < -0.3 is 9.88 Å². The number of carbonyl (C=O) groups is 1. The number of hydrogen-bond acceptors (Lipinski definition) is 4. The second-order valence-electron chi connectivity index (χ2n) is 10.6. The molecular weight excluding hydrogens is 446 g/mol. The molecule has 2 aliphatic rings. The topological polar surface area (TPSA) is 75.6 Å². The molecule has 5 aromatic rings. The molecule has 1 aliphatic carbocycles. The summed E-state index contributed by atoms with van der Waals surface area (Å²) in [5.41, 5.74) is 7.37. The van der Waals surface area contributed by atoms with Gasteiger partial charge in [0.1, 0.15) is 11.6 Å². The Morgan fingerprint density at radius 2 is 1.86 bits per heavy atom. The van der Waals surface area contributed by atoms with Crippen molar-refractivity contribution < 1.29 is 4.79 Å². The number of nitrogens with one attached hydrogen (secondary N) is 2. The molecule has 0 spiro atoms. The minimum atomic E-state index is -0.355. The van der Waals surface area contributed by atoms with Crippen LogP contribution < -0.4 is 5.32 Å². The van der Waals surface area contributed by atoms with Crippen LogP contribution in [0.3, 0.4) is 0 Å². The summed E-state index contributed by atoms with van der Waals surface area (Å²) in [4.78, 5) is 18.6. The van der Waals surface area contributed by atoms with Gasteiger partial charge in [0.15, 0.2) is 0 Å². The Balaban J connectivity index is 1.31. The molecule has 2 fully saturated rings. The smallest absolute Gasteiger partial charge is 0.145 e. The van der Waals surface area contributed by atoms with Crippen LogP contribution in [0.4, 0.5) is 0 Å². The molecule has 1 saturated carbocycles. The van der Waals surface area contributed by atoms with E-state index in [-0.39, 0.29) is 11.3 Å². The Morgan fingerprint density at radius 3 is 2.64 bits per heavy atom. The normalized spacial score (nSPS) is 19.9. The van der Waals surface area contributed by atoms with E-state index in [0.29, 0.717) is 12.3 Å². The van der Waals surface area contributed by atoms with Gasteiger partial charge in [0.25, 0.3) is 0 Å². The van der Waals surface area contributed by atoms with Gasteiger partial charge in [-0.05, 0) is 67.6 Å². The molecule has 6 nitrogen and oxygen atoms in total. The minimum Gasteiger partial charge on any atom is -0.323 e. The van der Waals surface area contributed by atoms with E-state index in [1.807, 2.05) is 6.20 Å². The third-order valence-electron chi connectivity index (χ3n) is 8.06. The van der Waals surface area contributed by atoms with Crippen molar-refractivity contribution >= 4 is 27.7 Å². The maximum atomic E-state index is 13.5. The lowest BCUT2D eigenvalue weighted by atomic mass is 9.80. The fraction of sp³-hybridized carbons (Fsp3) is 0.300. The van der Waals surface area contributed by atoms with Gasteiger partial charge in [0.05, 0.1) is 28.2 Å². The summed E-state index contributed by atoms with van der Waals surface area (Å²) in [6, 6.07) is 21.3. The molecule has 180 valence electrons. The first-order valence-corrected chi connectivity index (χ1v) is 12.9. The van der Waals surface area contributed by atoms with Crippen LogP contribution in [0.5, 0.6) is 0 Å². The zero-order chi connectivity index (χ0) is 24.3. The van der Waals surface area contributed by atoms with Crippen LogP contribution in [-0.4, -0.2) is 38.6 Å². The standard InChI is InChI=1S/C30H29N5O/c1-19-3-2-4-26-27(19)35(18-30(13-14-31-17-30)28(36)21-7-8-21)29(33-26)22-9-5-20(6-10-22)23-11-12-25-24(15-23)16-32-34-25/h2-6,9-12,15-16,21,31H,7-8,13-14,17-18H2,1H3,(H,32,34)/t30-/m0/s1. The van der Waals surface area contributed by atoms with Gasteiger partial charge in [0, 0.05) is 30.0 Å². The van der Waals surface area contributed by atoms with Gasteiger partial charge >= 0.3 is 0 Å². The van der Waals surface area contributed by atoms with Crippen LogP contribution in [0.2, 0.25) is 0 Å². The highest BCUT2D eigenvalue weighted by Gasteiger charge is 2.48. The first-order chi connectivity index (χ1) is 17.6. The lowest BCUT2D eigenvalue weighted by Crippen LogP contribution is -2.39. The molecule has 0 radical (unpaired) electrons. The van der Waals surface area contributed by atoms with E-state index in [0.717, 1.165) is 76.8 Å². The molecular formula is C30H29N5O. The van der Waals surface area contributed by atoms with Crippen molar-refractivity contribution in [2.45, 2.75) is 32.7 Å². The second kappa shape index (κ2) is 8.14. The molecule has 7 rings (SSSR count). The largest absolute Gasteiger partial charge is 0.323 e. The van der Waals surface area contributed by atoms with Gasteiger partial charge in [0.2, 0.25) is 0 Å². The highest BCUT2D eigenvalue weighted by atomic mass is 16.1. The minimum absolute atomic E-state index is 0.246. The Labute approximate surface area is 209 Å². The number of fused-ring (bicyclic) bond motifs is 2. The van der Waals surface area contributed by atoms with E-state index in [9.17, 15) is 4.79 Å². The summed E-state index contributed by atoms with van der Waals surface area (Å²) in [5, 5.41) is 11.7. The van der Waals surface area contributed by atoms with Crippen LogP contribution in [-0.2, 0) is 11.3 Å². The van der Waals surface area contributed by atoms with E-state index in [2.05, 4.69) is 87.7 Å². The molecule has 0 amide bonds. The lowest BCUT2D eigenvalue weighted by molar-refractivity contribution is -0.129. The van der Waals surface area contributed by atoms with E-state index in [4.69, 9.17) is 4.98 Å². The van der Waals surface area contributed by atoms with Crippen molar-refractivity contribution in [2.24, 2.45) is 11.3 Å². The Morgan fingerprint density at radius 1 is 1.06 bits per heavy atom.